The van der Waals surface area contributed by atoms with Gasteiger partial charge in [0.2, 0.25) is 11.8 Å². The topological polar surface area (TPSA) is 141 Å². The molecule has 2 aromatic heterocycles. The fourth-order valence-electron chi connectivity index (χ4n) is 4.50. The molecule has 6 rings (SSSR count). The Balaban J connectivity index is 0.000000208. The molecule has 0 bridgehead atoms. The van der Waals surface area contributed by atoms with Gasteiger partial charge in [-0.15, -0.1) is 0 Å². The van der Waals surface area contributed by atoms with Crippen LogP contribution in [0.5, 0.6) is 23.3 Å². The number of phenolic OH excluding ortho intramolecular Hbond substituents is 2. The van der Waals surface area contributed by atoms with Crippen molar-refractivity contribution in [1.82, 2.24) is 19.6 Å². The number of nitrogens with zero attached hydrogens (tertiary/aromatic N) is 6. The van der Waals surface area contributed by atoms with Crippen LogP contribution in [0.1, 0.15) is 33.6 Å². The van der Waals surface area contributed by atoms with E-state index in [9.17, 15) is 20.4 Å². The average molecular weight is 674 g/mol. The quantitative estimate of drug-likeness (QED) is 0.137. The van der Waals surface area contributed by atoms with Crippen molar-refractivity contribution in [1.29, 1.82) is 0 Å². The number of hydrogen-bond donors (Lipinski definition) is 4. The Morgan fingerprint density at radius 1 is 0.511 bits per heavy atom. The van der Waals surface area contributed by atoms with Crippen molar-refractivity contribution in [2.75, 3.05) is 0 Å². The van der Waals surface area contributed by atoms with Crippen LogP contribution in [0.25, 0.3) is 11.4 Å². The van der Waals surface area contributed by atoms with Gasteiger partial charge in [0.25, 0.3) is 0 Å². The molecule has 0 spiro atoms. The maximum atomic E-state index is 10.4. The summed E-state index contributed by atoms with van der Waals surface area (Å²) in [6, 6.07) is 29.0. The normalized spacial score (nSPS) is 11.0. The summed E-state index contributed by atoms with van der Waals surface area (Å²) in [6.07, 6.45) is 3.02. The number of para-hydroxylation sites is 4. The zero-order chi connectivity index (χ0) is 32.8. The Bertz CT molecular complexity index is 1880. The van der Waals surface area contributed by atoms with E-state index in [1.807, 2.05) is 62.4 Å². The summed E-state index contributed by atoms with van der Waals surface area (Å²) in [5.41, 5.74) is 7.06. The molecule has 0 fully saturated rings. The number of hydrogen-bond acceptors (Lipinski definition) is 8. The molecule has 0 saturated heterocycles. The van der Waals surface area contributed by atoms with Gasteiger partial charge >= 0.3 is 0 Å². The van der Waals surface area contributed by atoms with Crippen LogP contribution in [0.4, 0.5) is 11.4 Å². The summed E-state index contributed by atoms with van der Waals surface area (Å²) in [4.78, 5) is 8.46. The fraction of sp³-hybridized carbons (Fsp3) is 0.111. The van der Waals surface area contributed by atoms with Crippen LogP contribution in [0.15, 0.2) is 107 Å². The van der Waals surface area contributed by atoms with Gasteiger partial charge in [0.1, 0.15) is 22.9 Å². The molecule has 4 N–H and O–H groups in total. The molecule has 11 heteroatoms. The van der Waals surface area contributed by atoms with E-state index < -0.39 is 0 Å². The van der Waals surface area contributed by atoms with Crippen molar-refractivity contribution in [2.24, 2.45) is 9.98 Å². The summed E-state index contributed by atoms with van der Waals surface area (Å²) >= 11 is 0. The average Bonchev–Trinajstić information content (AvgIpc) is 3.50. The van der Waals surface area contributed by atoms with E-state index in [-0.39, 0.29) is 40.0 Å². The molecule has 0 aliphatic rings. The minimum absolute atomic E-state index is 0. The monoisotopic (exact) mass is 673 g/mol. The molecule has 241 valence electrons. The number of rotatable bonds is 6. The molecular formula is C36H34CoN6O4. The van der Waals surface area contributed by atoms with Gasteiger partial charge in [0.15, 0.2) is 0 Å². The first-order chi connectivity index (χ1) is 22.1. The third-order valence-corrected chi connectivity index (χ3v) is 7.15. The Hall–Kier alpha value is -5.65. The summed E-state index contributed by atoms with van der Waals surface area (Å²) < 4.78 is 2.95. The maximum Gasteiger partial charge on any atom is 0.223 e. The van der Waals surface area contributed by atoms with Gasteiger partial charge in [-0.05, 0) is 76.2 Å². The van der Waals surface area contributed by atoms with Gasteiger partial charge in [0.05, 0.1) is 33.9 Å². The largest absolute Gasteiger partial charge is 0.506 e. The first-order valence-electron chi connectivity index (χ1n) is 14.5. The van der Waals surface area contributed by atoms with E-state index in [4.69, 9.17) is 0 Å². The molecular weight excluding hydrogens is 639 g/mol. The molecule has 0 aliphatic heterocycles. The van der Waals surface area contributed by atoms with E-state index >= 15 is 0 Å². The number of aliphatic imine (C=N–C) groups is 2. The summed E-state index contributed by atoms with van der Waals surface area (Å²) in [7, 11) is 0. The van der Waals surface area contributed by atoms with Gasteiger partial charge in [-0.25, -0.2) is 9.36 Å². The zero-order valence-electron chi connectivity index (χ0n) is 26.2. The minimum atomic E-state index is 0. The third kappa shape index (κ3) is 7.96. The van der Waals surface area contributed by atoms with Crippen LogP contribution in [0, 0.1) is 27.7 Å². The second kappa shape index (κ2) is 15.1. The summed E-state index contributed by atoms with van der Waals surface area (Å²) in [5.74, 6) is 0.217. The molecule has 0 amide bonds. The molecule has 0 atom stereocenters. The molecule has 1 radical (unpaired) electrons. The molecule has 47 heavy (non-hydrogen) atoms. The van der Waals surface area contributed by atoms with E-state index in [0.29, 0.717) is 33.9 Å². The Morgan fingerprint density at radius 2 is 0.851 bits per heavy atom. The van der Waals surface area contributed by atoms with Crippen LogP contribution < -0.4 is 0 Å². The molecule has 4 aromatic carbocycles. The SMILES string of the molecule is Cc1ccc(-n2nc(C)c(C=Nc3ccccc3O)c2O)cc1.Cc1ccc(-n2nc(C)c(C=Nc3ccccc3O)c2O)cc1.[Co]. The predicted octanol–water partition coefficient (Wildman–Crippen LogP) is 7.30. The number of aromatic nitrogens is 4. The molecule has 10 nitrogen and oxygen atoms in total. The first-order valence-corrected chi connectivity index (χ1v) is 14.5. The summed E-state index contributed by atoms with van der Waals surface area (Å²) in [5, 5.41) is 49.0. The zero-order valence-corrected chi connectivity index (χ0v) is 27.2. The number of aromatic hydroxyl groups is 4. The van der Waals surface area contributed by atoms with Crippen LogP contribution in [0.2, 0.25) is 0 Å². The van der Waals surface area contributed by atoms with Crippen LogP contribution >= 0.6 is 0 Å². The second-order valence-electron chi connectivity index (χ2n) is 10.6. The van der Waals surface area contributed by atoms with E-state index in [2.05, 4.69) is 20.2 Å². The fourth-order valence-corrected chi connectivity index (χ4v) is 4.50. The Morgan fingerprint density at radius 3 is 1.19 bits per heavy atom. The Kier molecular flexibility index (Phi) is 11.0. The van der Waals surface area contributed by atoms with E-state index in [0.717, 1.165) is 22.5 Å². The van der Waals surface area contributed by atoms with Gasteiger partial charge in [-0.1, -0.05) is 59.7 Å². The van der Waals surface area contributed by atoms with E-state index in [1.54, 1.807) is 62.4 Å². The van der Waals surface area contributed by atoms with Gasteiger partial charge in [-0.3, -0.25) is 9.98 Å². The van der Waals surface area contributed by atoms with E-state index in [1.165, 1.54) is 21.8 Å². The smallest absolute Gasteiger partial charge is 0.223 e. The van der Waals surface area contributed by atoms with Crippen molar-refractivity contribution in [3.05, 3.63) is 131 Å². The third-order valence-electron chi connectivity index (χ3n) is 7.15. The van der Waals surface area contributed by atoms with Gasteiger partial charge in [-0.2, -0.15) is 10.2 Å². The van der Waals surface area contributed by atoms with Crippen molar-refractivity contribution >= 4 is 23.8 Å². The number of benzene rings is 4. The van der Waals surface area contributed by atoms with Crippen LogP contribution in [0.3, 0.4) is 0 Å². The molecule has 0 aliphatic carbocycles. The maximum absolute atomic E-state index is 10.4. The summed E-state index contributed by atoms with van der Waals surface area (Å²) in [6.45, 7) is 7.61. The van der Waals surface area contributed by atoms with Crippen molar-refractivity contribution in [2.45, 2.75) is 27.7 Å². The number of phenols is 2. The van der Waals surface area contributed by atoms with Crippen molar-refractivity contribution < 1.29 is 37.2 Å². The van der Waals surface area contributed by atoms with Crippen molar-refractivity contribution in [3.63, 3.8) is 0 Å². The van der Waals surface area contributed by atoms with Crippen LogP contribution in [-0.4, -0.2) is 52.4 Å². The Labute approximate surface area is 282 Å². The van der Waals surface area contributed by atoms with Gasteiger partial charge < -0.3 is 20.4 Å². The second-order valence-corrected chi connectivity index (χ2v) is 10.6. The first kappa shape index (κ1) is 34.2. The van der Waals surface area contributed by atoms with Gasteiger partial charge in [0, 0.05) is 29.2 Å². The number of aryl methyl sites for hydroxylation is 4. The van der Waals surface area contributed by atoms with Crippen molar-refractivity contribution in [3.8, 4) is 34.6 Å². The standard InChI is InChI=1S/2C18H17N3O2.Co/c2*1-12-7-9-14(10-8-12)21-18(23)15(13(2)20-21)11-19-16-5-3-4-6-17(16)22;/h2*3-11,22-23H,1-2H3;. The molecule has 0 unspecified atom stereocenters. The molecule has 0 saturated carbocycles. The minimum Gasteiger partial charge on any atom is -0.506 e. The molecule has 2 heterocycles. The van der Waals surface area contributed by atoms with Crippen LogP contribution in [-0.2, 0) is 16.8 Å². The predicted molar refractivity (Wildman–Crippen MR) is 180 cm³/mol. The molecule has 6 aromatic rings.